The molecule has 0 aliphatic rings. The van der Waals surface area contributed by atoms with Crippen molar-refractivity contribution < 1.29 is 4.43 Å². The van der Waals surface area contributed by atoms with E-state index >= 15 is 0 Å². The molecule has 6 nitrogen and oxygen atoms in total. The molecule has 0 atom stereocenters. The minimum atomic E-state index is -1.84. The molecule has 2 rings (SSSR count). The third-order valence-corrected chi connectivity index (χ3v) is 11.3. The highest BCUT2D eigenvalue weighted by atomic mass is 28.4. The van der Waals surface area contributed by atoms with Crippen LogP contribution in [0.25, 0.3) is 11.2 Å². The van der Waals surface area contributed by atoms with E-state index < -0.39 is 24.8 Å². The number of hydrogen-bond acceptors (Lipinski definition) is 6. The molecule has 138 valence electrons. The smallest absolute Gasteiger partial charge is 0.244 e. The first-order chi connectivity index (χ1) is 11.2. The van der Waals surface area contributed by atoms with Crippen LogP contribution in [-0.2, 0) is 0 Å². The summed E-state index contributed by atoms with van der Waals surface area (Å²) in [7, 11) is -5.17. The molecule has 2 heterocycles. The highest BCUT2D eigenvalue weighted by Crippen LogP contribution is 2.30. The van der Waals surface area contributed by atoms with Gasteiger partial charge in [0, 0.05) is 0 Å². The summed E-state index contributed by atoms with van der Waals surface area (Å²) in [6.07, 6.45) is 1.75. The summed E-state index contributed by atoms with van der Waals surface area (Å²) in [5, 5.41) is 0. The van der Waals surface area contributed by atoms with Gasteiger partial charge in [0.25, 0.3) is 0 Å². The van der Waals surface area contributed by atoms with E-state index in [4.69, 9.17) is 14.4 Å². The molecule has 0 spiro atoms. The van der Waals surface area contributed by atoms with Crippen LogP contribution >= 0.6 is 0 Å². The van der Waals surface area contributed by atoms with Crippen LogP contribution in [0, 0.1) is 6.92 Å². The molecule has 0 aromatic carbocycles. The molecular weight excluding hydrogens is 362 g/mol. The van der Waals surface area contributed by atoms with Crippen molar-refractivity contribution in [2.24, 2.45) is 0 Å². The van der Waals surface area contributed by atoms with E-state index in [1.165, 1.54) is 0 Å². The first-order valence-electron chi connectivity index (χ1n) is 8.69. The van der Waals surface area contributed by atoms with E-state index in [0.29, 0.717) is 17.0 Å². The topological polar surface area (TPSA) is 64.0 Å². The third-order valence-electron chi connectivity index (χ3n) is 3.43. The van der Waals surface area contributed by atoms with Crippen LogP contribution in [0.5, 0.6) is 5.88 Å². The second-order valence-corrected chi connectivity index (χ2v) is 23.9. The number of aromatic nitrogens is 4. The Morgan fingerprint density at radius 2 is 1.40 bits per heavy atom. The Morgan fingerprint density at radius 3 is 1.88 bits per heavy atom. The van der Waals surface area contributed by atoms with Crippen molar-refractivity contribution in [2.75, 3.05) is 4.23 Å². The average Bonchev–Trinajstić information content (AvgIpc) is 2.34. The van der Waals surface area contributed by atoms with Crippen LogP contribution in [0.15, 0.2) is 6.20 Å². The quantitative estimate of drug-likeness (QED) is 0.701. The van der Waals surface area contributed by atoms with Crippen LogP contribution in [-0.4, -0.2) is 44.7 Å². The van der Waals surface area contributed by atoms with Crippen molar-refractivity contribution in [3.8, 4) is 5.88 Å². The zero-order valence-corrected chi connectivity index (χ0v) is 20.2. The third kappa shape index (κ3) is 4.85. The molecule has 0 unspecified atom stereocenters. The maximum Gasteiger partial charge on any atom is 0.244 e. The van der Waals surface area contributed by atoms with E-state index in [1.54, 1.807) is 6.20 Å². The van der Waals surface area contributed by atoms with Crippen molar-refractivity contribution >= 4 is 41.9 Å². The molecular formula is C16H31N5OSi3. The van der Waals surface area contributed by atoms with E-state index in [0.717, 1.165) is 11.6 Å². The van der Waals surface area contributed by atoms with Gasteiger partial charge in [-0.05, 0) is 26.6 Å². The summed E-state index contributed by atoms with van der Waals surface area (Å²) < 4.78 is 8.76. The van der Waals surface area contributed by atoms with Gasteiger partial charge in [-0.2, -0.15) is 9.97 Å². The van der Waals surface area contributed by atoms with Crippen molar-refractivity contribution in [1.29, 1.82) is 0 Å². The van der Waals surface area contributed by atoms with Gasteiger partial charge in [0.15, 0.2) is 11.2 Å². The lowest BCUT2D eigenvalue weighted by atomic mass is 10.4. The molecule has 0 N–H and O–H groups in total. The predicted molar refractivity (Wildman–Crippen MR) is 113 cm³/mol. The normalized spacial score (nSPS) is 13.2. The molecule has 0 aliphatic carbocycles. The Morgan fingerprint density at radius 1 is 0.840 bits per heavy atom. The summed E-state index contributed by atoms with van der Waals surface area (Å²) >= 11 is 0. The molecule has 0 saturated heterocycles. The minimum absolute atomic E-state index is 0.580. The molecule has 0 radical (unpaired) electrons. The molecule has 2 aromatic heterocycles. The number of hydrogen-bond donors (Lipinski definition) is 0. The number of rotatable bonds is 5. The zero-order valence-electron chi connectivity index (χ0n) is 17.2. The van der Waals surface area contributed by atoms with Crippen LogP contribution in [0.4, 0.5) is 5.95 Å². The lowest BCUT2D eigenvalue weighted by Crippen LogP contribution is -2.60. The highest BCUT2D eigenvalue weighted by molar-refractivity contribution is 6.99. The number of anilines is 1. The SMILES string of the molecule is Cc1cnc2nc(N([Si](C)(C)C)[Si](C)(C)C)nc(O[Si](C)(C)C)c2n1. The van der Waals surface area contributed by atoms with Gasteiger partial charge in [-0.3, -0.25) is 0 Å². The van der Waals surface area contributed by atoms with Gasteiger partial charge in [0.1, 0.15) is 16.5 Å². The fraction of sp³-hybridized carbons (Fsp3) is 0.625. The van der Waals surface area contributed by atoms with E-state index in [1.807, 2.05) is 6.92 Å². The van der Waals surface area contributed by atoms with Crippen molar-refractivity contribution in [1.82, 2.24) is 19.9 Å². The molecule has 0 fully saturated rings. The lowest BCUT2D eigenvalue weighted by molar-refractivity contribution is 0.538. The van der Waals surface area contributed by atoms with E-state index in [2.05, 4.69) is 73.1 Å². The molecule has 0 aliphatic heterocycles. The maximum absolute atomic E-state index is 6.28. The summed E-state index contributed by atoms with van der Waals surface area (Å²) in [5.41, 5.74) is 2.12. The van der Waals surface area contributed by atoms with Crippen LogP contribution < -0.4 is 8.66 Å². The van der Waals surface area contributed by atoms with Gasteiger partial charge >= 0.3 is 0 Å². The standard InChI is InChI=1S/C16H31N5OSi3/c1-12-11-17-14-13(18-12)15(22-25(8,9)10)20-16(19-14)21(23(2,3)4)24(5,6)7/h11H,1-10H3. The fourth-order valence-electron chi connectivity index (χ4n) is 3.03. The molecule has 0 bridgehead atoms. The predicted octanol–water partition coefficient (Wildman–Crippen LogP) is 4.42. The van der Waals surface area contributed by atoms with Gasteiger partial charge in [0.2, 0.25) is 20.1 Å². The highest BCUT2D eigenvalue weighted by Gasteiger charge is 2.37. The Labute approximate surface area is 154 Å². The summed E-state index contributed by atoms with van der Waals surface area (Å²) in [6.45, 7) is 22.4. The summed E-state index contributed by atoms with van der Waals surface area (Å²) in [5.74, 6) is 1.33. The van der Waals surface area contributed by atoms with Gasteiger partial charge in [-0.15, -0.1) is 0 Å². The minimum Gasteiger partial charge on any atom is -0.530 e. The molecule has 2 aromatic rings. The average molecular weight is 394 g/mol. The van der Waals surface area contributed by atoms with E-state index in [-0.39, 0.29) is 0 Å². The Balaban J connectivity index is 2.75. The number of nitrogens with zero attached hydrogens (tertiary/aromatic N) is 5. The molecule has 9 heteroatoms. The van der Waals surface area contributed by atoms with E-state index in [9.17, 15) is 0 Å². The second-order valence-electron chi connectivity index (χ2n) is 9.40. The lowest BCUT2D eigenvalue weighted by Gasteiger charge is -2.43. The summed E-state index contributed by atoms with van der Waals surface area (Å²) in [6, 6.07) is 0. The van der Waals surface area contributed by atoms with Crippen LogP contribution in [0.2, 0.25) is 58.9 Å². The monoisotopic (exact) mass is 393 g/mol. The van der Waals surface area contributed by atoms with Crippen LogP contribution in [0.3, 0.4) is 0 Å². The second kappa shape index (κ2) is 6.44. The Kier molecular flexibility index (Phi) is 5.15. The number of aryl methyl sites for hydroxylation is 1. The van der Waals surface area contributed by atoms with Crippen molar-refractivity contribution in [3.63, 3.8) is 0 Å². The molecule has 0 saturated carbocycles. The zero-order chi connectivity index (χ0) is 19.2. The maximum atomic E-state index is 6.28. The first-order valence-corrected chi connectivity index (χ1v) is 19.0. The largest absolute Gasteiger partial charge is 0.530 e. The Hall–Kier alpha value is -1.33. The van der Waals surface area contributed by atoms with Gasteiger partial charge in [-0.25, -0.2) is 9.97 Å². The molecule has 0 amide bonds. The Bertz CT molecular complexity index is 764. The van der Waals surface area contributed by atoms with Crippen molar-refractivity contribution in [3.05, 3.63) is 11.9 Å². The van der Waals surface area contributed by atoms with Gasteiger partial charge in [0.05, 0.1) is 11.9 Å². The van der Waals surface area contributed by atoms with Gasteiger partial charge in [-0.1, -0.05) is 39.3 Å². The number of fused-ring (bicyclic) bond motifs is 1. The van der Waals surface area contributed by atoms with Crippen LogP contribution in [0.1, 0.15) is 5.69 Å². The molecule has 25 heavy (non-hydrogen) atoms. The summed E-state index contributed by atoms with van der Waals surface area (Å²) in [4.78, 5) is 18.7. The first kappa shape index (κ1) is 20.0. The van der Waals surface area contributed by atoms with Gasteiger partial charge < -0.3 is 8.66 Å². The van der Waals surface area contributed by atoms with Crippen molar-refractivity contribution in [2.45, 2.75) is 65.8 Å². The fourth-order valence-corrected chi connectivity index (χ4v) is 13.2.